The smallest absolute Gasteiger partial charge is 0.142 e. The Bertz CT molecular complexity index is 641. The molecule has 1 N–H and O–H groups in total. The van der Waals surface area contributed by atoms with Crippen LogP contribution in [0.25, 0.3) is 0 Å². The Morgan fingerprint density at radius 3 is 2.24 bits per heavy atom. The molecule has 136 valence electrons. The molecule has 3 heteroatoms. The zero-order valence-corrected chi connectivity index (χ0v) is 15.9. The van der Waals surface area contributed by atoms with Gasteiger partial charge in [0.25, 0.3) is 0 Å². The first-order valence-corrected chi connectivity index (χ1v) is 9.40. The highest BCUT2D eigenvalue weighted by Crippen LogP contribution is 2.30. The van der Waals surface area contributed by atoms with Gasteiger partial charge < -0.3 is 14.8 Å². The van der Waals surface area contributed by atoms with E-state index in [0.29, 0.717) is 12.5 Å². The van der Waals surface area contributed by atoms with Crippen LogP contribution >= 0.6 is 0 Å². The highest BCUT2D eigenvalue weighted by Gasteiger charge is 2.14. The summed E-state index contributed by atoms with van der Waals surface area (Å²) < 4.78 is 12.0. The van der Waals surface area contributed by atoms with Crippen LogP contribution in [-0.2, 0) is 0 Å². The highest BCUT2D eigenvalue weighted by atomic mass is 16.5. The Labute approximate surface area is 152 Å². The number of benzene rings is 2. The largest absolute Gasteiger partial charge is 0.492 e. The third-order valence-corrected chi connectivity index (χ3v) is 4.52. The molecule has 0 aliphatic heterocycles. The van der Waals surface area contributed by atoms with Crippen molar-refractivity contribution in [2.75, 3.05) is 18.5 Å². The number of para-hydroxylation sites is 3. The molecular weight excluding hydrogens is 310 g/mol. The van der Waals surface area contributed by atoms with Crippen molar-refractivity contribution in [3.8, 4) is 11.5 Å². The van der Waals surface area contributed by atoms with E-state index < -0.39 is 0 Å². The summed E-state index contributed by atoms with van der Waals surface area (Å²) in [5, 5.41) is 3.48. The Balaban J connectivity index is 2.05. The van der Waals surface area contributed by atoms with Gasteiger partial charge >= 0.3 is 0 Å². The van der Waals surface area contributed by atoms with Crippen LogP contribution in [-0.4, -0.2) is 19.3 Å². The van der Waals surface area contributed by atoms with E-state index in [4.69, 9.17) is 9.47 Å². The minimum absolute atomic E-state index is 0.111. The number of anilines is 1. The predicted octanol–water partition coefficient (Wildman–Crippen LogP) is 5.87. The molecule has 0 saturated heterocycles. The van der Waals surface area contributed by atoms with Crippen LogP contribution in [0.1, 0.15) is 52.0 Å². The van der Waals surface area contributed by atoms with Crippen molar-refractivity contribution in [3.05, 3.63) is 54.1 Å². The summed E-state index contributed by atoms with van der Waals surface area (Å²) in [4.78, 5) is 0. The molecule has 25 heavy (non-hydrogen) atoms. The summed E-state index contributed by atoms with van der Waals surface area (Å²) in [6, 6.07) is 16.4. The molecule has 2 unspecified atom stereocenters. The fourth-order valence-corrected chi connectivity index (χ4v) is 2.78. The number of nitrogens with one attached hydrogen (secondary N) is 1. The van der Waals surface area contributed by atoms with E-state index in [0.717, 1.165) is 36.6 Å². The average Bonchev–Trinajstić information content (AvgIpc) is 2.66. The topological polar surface area (TPSA) is 30.5 Å². The number of hydrogen-bond donors (Lipinski definition) is 1. The van der Waals surface area contributed by atoms with Crippen molar-refractivity contribution in [1.82, 2.24) is 0 Å². The fourth-order valence-electron chi connectivity index (χ4n) is 2.78. The second-order valence-corrected chi connectivity index (χ2v) is 6.31. The van der Waals surface area contributed by atoms with Gasteiger partial charge in [0.1, 0.15) is 17.6 Å². The van der Waals surface area contributed by atoms with Gasteiger partial charge in [-0.25, -0.2) is 0 Å². The molecule has 0 bridgehead atoms. The second kappa shape index (κ2) is 9.97. The maximum Gasteiger partial charge on any atom is 0.142 e. The van der Waals surface area contributed by atoms with Crippen LogP contribution in [0.15, 0.2) is 48.5 Å². The molecular formula is C22H31NO2. The Morgan fingerprint density at radius 1 is 0.880 bits per heavy atom. The van der Waals surface area contributed by atoms with Gasteiger partial charge in [-0.1, -0.05) is 51.1 Å². The molecule has 2 aromatic rings. The maximum atomic E-state index is 6.34. The van der Waals surface area contributed by atoms with Crippen LogP contribution in [0.5, 0.6) is 11.5 Å². The van der Waals surface area contributed by atoms with Gasteiger partial charge in [-0.15, -0.1) is 0 Å². The van der Waals surface area contributed by atoms with Crippen LogP contribution < -0.4 is 14.8 Å². The molecule has 0 saturated carbocycles. The summed E-state index contributed by atoms with van der Waals surface area (Å²) in [5.41, 5.74) is 2.31. The lowest BCUT2D eigenvalue weighted by molar-refractivity contribution is 0.207. The Morgan fingerprint density at radius 2 is 1.56 bits per heavy atom. The van der Waals surface area contributed by atoms with Crippen molar-refractivity contribution in [2.45, 2.75) is 52.6 Å². The molecule has 2 aromatic carbocycles. The number of rotatable bonds is 10. The van der Waals surface area contributed by atoms with Crippen molar-refractivity contribution < 1.29 is 9.47 Å². The molecule has 3 nitrogen and oxygen atoms in total. The summed E-state index contributed by atoms with van der Waals surface area (Å²) >= 11 is 0. The minimum Gasteiger partial charge on any atom is -0.492 e. The molecule has 0 spiro atoms. The van der Waals surface area contributed by atoms with E-state index in [-0.39, 0.29) is 6.10 Å². The first-order valence-electron chi connectivity index (χ1n) is 9.40. The number of hydrogen-bond acceptors (Lipinski definition) is 3. The van der Waals surface area contributed by atoms with E-state index >= 15 is 0 Å². The first kappa shape index (κ1) is 19.2. The van der Waals surface area contributed by atoms with Crippen molar-refractivity contribution in [1.29, 1.82) is 0 Å². The van der Waals surface area contributed by atoms with Crippen LogP contribution in [0.2, 0.25) is 0 Å². The van der Waals surface area contributed by atoms with Gasteiger partial charge in [-0.2, -0.15) is 0 Å². The van der Waals surface area contributed by atoms with Crippen molar-refractivity contribution >= 4 is 5.69 Å². The second-order valence-electron chi connectivity index (χ2n) is 6.31. The lowest BCUT2D eigenvalue weighted by atomic mass is 9.98. The van der Waals surface area contributed by atoms with E-state index in [1.165, 1.54) is 5.56 Å². The van der Waals surface area contributed by atoms with Gasteiger partial charge in [0.2, 0.25) is 0 Å². The Hall–Kier alpha value is -2.16. The molecule has 2 rings (SSSR count). The Kier molecular flexibility index (Phi) is 7.65. The van der Waals surface area contributed by atoms with E-state index in [2.05, 4.69) is 44.3 Å². The molecule has 0 amide bonds. The molecule has 0 aromatic heterocycles. The summed E-state index contributed by atoms with van der Waals surface area (Å²) in [7, 11) is 0. The molecule has 0 aliphatic rings. The van der Waals surface area contributed by atoms with Crippen molar-refractivity contribution in [3.63, 3.8) is 0 Å². The maximum absolute atomic E-state index is 6.34. The van der Waals surface area contributed by atoms with Gasteiger partial charge in [-0.3, -0.25) is 0 Å². The predicted molar refractivity (Wildman–Crippen MR) is 106 cm³/mol. The summed E-state index contributed by atoms with van der Waals surface area (Å²) in [6.45, 7) is 10.0. The molecule has 0 heterocycles. The minimum atomic E-state index is 0.111. The third kappa shape index (κ3) is 5.42. The molecule has 0 radical (unpaired) electrons. The summed E-state index contributed by atoms with van der Waals surface area (Å²) in [6.07, 6.45) is 2.16. The summed E-state index contributed by atoms with van der Waals surface area (Å²) in [5.74, 6) is 2.39. The zero-order valence-electron chi connectivity index (χ0n) is 15.9. The van der Waals surface area contributed by atoms with Gasteiger partial charge in [0, 0.05) is 0 Å². The average molecular weight is 341 g/mol. The number of ether oxygens (including phenoxy) is 2. The highest BCUT2D eigenvalue weighted by molar-refractivity contribution is 5.56. The van der Waals surface area contributed by atoms with E-state index in [1.54, 1.807) is 0 Å². The SMILES string of the molecule is CCOc1ccccc1NCC(CC)Oc1ccccc1C(C)CC. The standard InChI is InChI=1S/C22H31NO2/c1-5-17(4)19-12-8-10-14-21(19)25-18(6-2)16-23-20-13-9-11-15-22(20)24-7-3/h8-15,17-18,23H,5-7,16H2,1-4H3. The van der Waals surface area contributed by atoms with Gasteiger partial charge in [0.15, 0.2) is 0 Å². The van der Waals surface area contributed by atoms with Crippen LogP contribution in [0.4, 0.5) is 5.69 Å². The van der Waals surface area contributed by atoms with Crippen molar-refractivity contribution in [2.24, 2.45) is 0 Å². The first-order chi connectivity index (χ1) is 12.2. The van der Waals surface area contributed by atoms with E-state index in [9.17, 15) is 0 Å². The van der Waals surface area contributed by atoms with Gasteiger partial charge in [-0.05, 0) is 49.4 Å². The lowest BCUT2D eigenvalue weighted by Gasteiger charge is -2.23. The fraction of sp³-hybridized carbons (Fsp3) is 0.455. The van der Waals surface area contributed by atoms with Crippen LogP contribution in [0.3, 0.4) is 0 Å². The zero-order chi connectivity index (χ0) is 18.1. The quantitative estimate of drug-likeness (QED) is 0.586. The normalized spacial score (nSPS) is 13.1. The molecule has 0 fully saturated rings. The molecule has 2 atom stereocenters. The third-order valence-electron chi connectivity index (χ3n) is 4.52. The monoisotopic (exact) mass is 341 g/mol. The molecule has 0 aliphatic carbocycles. The lowest BCUT2D eigenvalue weighted by Crippen LogP contribution is -2.26. The van der Waals surface area contributed by atoms with Gasteiger partial charge in [0.05, 0.1) is 18.8 Å². The van der Waals surface area contributed by atoms with Crippen LogP contribution in [0, 0.1) is 0 Å². The van der Waals surface area contributed by atoms with E-state index in [1.807, 2.05) is 37.3 Å².